The summed E-state index contributed by atoms with van der Waals surface area (Å²) >= 11 is 1.80. The number of hydrogen-bond acceptors (Lipinski definition) is 5. The van der Waals surface area contributed by atoms with Gasteiger partial charge in [0.25, 0.3) is 0 Å². The zero-order chi connectivity index (χ0) is 18.8. The van der Waals surface area contributed by atoms with Crippen LogP contribution in [0.4, 0.5) is 0 Å². The molecule has 10 heteroatoms. The molecule has 1 aromatic rings. The van der Waals surface area contributed by atoms with Gasteiger partial charge in [-0.3, -0.25) is 4.99 Å². The van der Waals surface area contributed by atoms with Gasteiger partial charge in [-0.25, -0.2) is 12.7 Å². The summed E-state index contributed by atoms with van der Waals surface area (Å²) in [5, 5.41) is 3.12. The maximum absolute atomic E-state index is 12.4. The van der Waals surface area contributed by atoms with Crippen molar-refractivity contribution >= 4 is 51.7 Å². The van der Waals surface area contributed by atoms with Crippen LogP contribution in [0.5, 0.6) is 5.75 Å². The van der Waals surface area contributed by atoms with E-state index in [-0.39, 0.29) is 29.7 Å². The number of benzene rings is 1. The van der Waals surface area contributed by atoms with E-state index in [0.29, 0.717) is 38.7 Å². The lowest BCUT2D eigenvalue weighted by molar-refractivity contribution is 0.281. The highest BCUT2D eigenvalue weighted by atomic mass is 127. The van der Waals surface area contributed by atoms with Crippen LogP contribution >= 0.6 is 35.7 Å². The van der Waals surface area contributed by atoms with Gasteiger partial charge in [0.1, 0.15) is 12.4 Å². The van der Waals surface area contributed by atoms with Gasteiger partial charge >= 0.3 is 0 Å². The van der Waals surface area contributed by atoms with Gasteiger partial charge in [0.05, 0.1) is 12.3 Å². The fourth-order valence-electron chi connectivity index (χ4n) is 2.55. The summed E-state index contributed by atoms with van der Waals surface area (Å²) in [4.78, 5) is 6.13. The number of hydrogen-bond donors (Lipinski definition) is 1. The van der Waals surface area contributed by atoms with Gasteiger partial charge in [0, 0.05) is 45.2 Å². The van der Waals surface area contributed by atoms with Crippen molar-refractivity contribution in [3.8, 4) is 5.75 Å². The quantitative estimate of drug-likeness (QED) is 0.314. The van der Waals surface area contributed by atoms with Crippen LogP contribution in [-0.4, -0.2) is 87.7 Å². The van der Waals surface area contributed by atoms with E-state index < -0.39 is 10.0 Å². The second-order valence-electron chi connectivity index (χ2n) is 5.88. The average molecular weight is 528 g/mol. The highest BCUT2D eigenvalue weighted by Gasteiger charge is 2.23. The Hall–Kier alpha value is -0.720. The SMILES string of the molecule is CN=C(NCCS(=O)(=O)N1CCSCC1)N(C)CCOc1ccccc1.I. The number of halogens is 1. The van der Waals surface area contributed by atoms with Crippen LogP contribution in [0, 0.1) is 0 Å². The Morgan fingerprint density at radius 3 is 2.59 bits per heavy atom. The zero-order valence-electron chi connectivity index (χ0n) is 15.8. The molecular formula is C17H29IN4O3S2. The molecule has 1 aromatic carbocycles. The molecule has 2 rings (SSSR count). The number of sulfonamides is 1. The van der Waals surface area contributed by atoms with Crippen molar-refractivity contribution < 1.29 is 13.2 Å². The van der Waals surface area contributed by atoms with Gasteiger partial charge in [-0.2, -0.15) is 11.8 Å². The third kappa shape index (κ3) is 8.44. The summed E-state index contributed by atoms with van der Waals surface area (Å²) in [6.07, 6.45) is 0. The highest BCUT2D eigenvalue weighted by Crippen LogP contribution is 2.13. The Labute approximate surface area is 184 Å². The molecule has 154 valence electrons. The molecule has 1 heterocycles. The molecule has 0 atom stereocenters. The fraction of sp³-hybridized carbons (Fsp3) is 0.588. The largest absolute Gasteiger partial charge is 0.492 e. The predicted molar refractivity (Wildman–Crippen MR) is 124 cm³/mol. The normalized spacial score (nSPS) is 15.7. The first-order valence-electron chi connectivity index (χ1n) is 8.68. The first-order chi connectivity index (χ1) is 12.5. The minimum Gasteiger partial charge on any atom is -0.492 e. The van der Waals surface area contributed by atoms with Crippen LogP contribution in [0.1, 0.15) is 0 Å². The number of rotatable bonds is 8. The Kier molecular flexibility index (Phi) is 11.4. The van der Waals surface area contributed by atoms with E-state index in [2.05, 4.69) is 10.3 Å². The van der Waals surface area contributed by atoms with E-state index in [9.17, 15) is 8.42 Å². The fourth-order valence-corrected chi connectivity index (χ4v) is 5.04. The maximum atomic E-state index is 12.4. The standard InChI is InChI=1S/C17H28N4O3S2.HI/c1-18-17(20(2)9-12-24-16-6-4-3-5-7-16)19-8-15-26(22,23)21-10-13-25-14-11-21;/h3-7H,8-15H2,1-2H3,(H,18,19);1H. The van der Waals surface area contributed by atoms with Crippen molar-refractivity contribution in [2.24, 2.45) is 4.99 Å². The van der Waals surface area contributed by atoms with Crippen LogP contribution in [0.3, 0.4) is 0 Å². The summed E-state index contributed by atoms with van der Waals surface area (Å²) in [5.74, 6) is 3.31. The molecule has 1 fully saturated rings. The second-order valence-corrected chi connectivity index (χ2v) is 9.20. The molecule has 0 amide bonds. The Balaban J connectivity index is 0.00000364. The number of thioether (sulfide) groups is 1. The maximum Gasteiger partial charge on any atom is 0.215 e. The van der Waals surface area contributed by atoms with Crippen molar-refractivity contribution in [1.29, 1.82) is 0 Å². The van der Waals surface area contributed by atoms with Gasteiger partial charge in [-0.05, 0) is 12.1 Å². The van der Waals surface area contributed by atoms with Crippen LogP contribution < -0.4 is 10.1 Å². The van der Waals surface area contributed by atoms with E-state index in [1.165, 1.54) is 0 Å². The summed E-state index contributed by atoms with van der Waals surface area (Å²) in [7, 11) is 0.384. The number of likely N-dealkylation sites (N-methyl/N-ethyl adjacent to an activating group) is 1. The average Bonchev–Trinajstić information content (AvgIpc) is 2.66. The molecule has 1 N–H and O–H groups in total. The minimum atomic E-state index is -3.21. The number of guanidine groups is 1. The van der Waals surface area contributed by atoms with Gasteiger partial charge in [0.2, 0.25) is 10.0 Å². The molecule has 7 nitrogen and oxygen atoms in total. The summed E-state index contributed by atoms with van der Waals surface area (Å²) < 4.78 is 32.0. The number of nitrogens with one attached hydrogen (secondary N) is 1. The highest BCUT2D eigenvalue weighted by molar-refractivity contribution is 14.0. The molecule has 0 radical (unpaired) electrons. The van der Waals surface area contributed by atoms with Crippen LogP contribution in [-0.2, 0) is 10.0 Å². The van der Waals surface area contributed by atoms with Gasteiger partial charge in [0.15, 0.2) is 5.96 Å². The van der Waals surface area contributed by atoms with Crippen molar-refractivity contribution in [2.75, 3.05) is 64.1 Å². The van der Waals surface area contributed by atoms with E-state index in [1.807, 2.05) is 42.3 Å². The number of nitrogens with zero attached hydrogens (tertiary/aromatic N) is 3. The van der Waals surface area contributed by atoms with E-state index in [4.69, 9.17) is 4.74 Å². The summed E-state index contributed by atoms with van der Waals surface area (Å²) in [6, 6.07) is 9.64. The summed E-state index contributed by atoms with van der Waals surface area (Å²) in [6.45, 7) is 2.72. The molecule has 0 aliphatic carbocycles. The number of ether oxygens (including phenoxy) is 1. The molecule has 1 aliphatic heterocycles. The first-order valence-corrected chi connectivity index (χ1v) is 11.4. The third-order valence-corrected chi connectivity index (χ3v) is 6.83. The number of aliphatic imine (C=N–C) groups is 1. The molecular weight excluding hydrogens is 499 g/mol. The van der Waals surface area contributed by atoms with Crippen molar-refractivity contribution in [2.45, 2.75) is 0 Å². The van der Waals surface area contributed by atoms with Crippen LogP contribution in [0.2, 0.25) is 0 Å². The van der Waals surface area contributed by atoms with E-state index >= 15 is 0 Å². The topological polar surface area (TPSA) is 74.2 Å². The van der Waals surface area contributed by atoms with E-state index in [1.54, 1.807) is 23.1 Å². The van der Waals surface area contributed by atoms with Crippen LogP contribution in [0.25, 0.3) is 0 Å². The predicted octanol–water partition coefficient (Wildman–Crippen LogP) is 1.57. The molecule has 0 aromatic heterocycles. The minimum absolute atomic E-state index is 0. The van der Waals surface area contributed by atoms with Gasteiger partial charge in [-0.15, -0.1) is 24.0 Å². The Morgan fingerprint density at radius 2 is 1.96 bits per heavy atom. The molecule has 0 spiro atoms. The van der Waals surface area contributed by atoms with Gasteiger partial charge < -0.3 is 15.0 Å². The summed E-state index contributed by atoms with van der Waals surface area (Å²) in [5.41, 5.74) is 0. The lowest BCUT2D eigenvalue weighted by atomic mass is 10.3. The molecule has 1 aliphatic rings. The smallest absolute Gasteiger partial charge is 0.215 e. The van der Waals surface area contributed by atoms with Crippen molar-refractivity contribution in [3.63, 3.8) is 0 Å². The molecule has 0 unspecified atom stereocenters. The molecule has 0 saturated carbocycles. The van der Waals surface area contributed by atoms with Crippen LogP contribution in [0.15, 0.2) is 35.3 Å². The Morgan fingerprint density at radius 1 is 1.30 bits per heavy atom. The van der Waals surface area contributed by atoms with Gasteiger partial charge in [-0.1, -0.05) is 18.2 Å². The second kappa shape index (κ2) is 12.7. The van der Waals surface area contributed by atoms with Crippen molar-refractivity contribution in [1.82, 2.24) is 14.5 Å². The monoisotopic (exact) mass is 528 g/mol. The van der Waals surface area contributed by atoms with Crippen molar-refractivity contribution in [3.05, 3.63) is 30.3 Å². The third-order valence-electron chi connectivity index (χ3n) is 4.02. The molecule has 1 saturated heterocycles. The Bertz CT molecular complexity index is 668. The van der Waals surface area contributed by atoms with E-state index in [0.717, 1.165) is 17.3 Å². The lowest BCUT2D eigenvalue weighted by Gasteiger charge is -2.26. The zero-order valence-corrected chi connectivity index (χ0v) is 19.8. The first kappa shape index (κ1) is 24.3. The molecule has 27 heavy (non-hydrogen) atoms. The number of para-hydroxylation sites is 1. The molecule has 0 bridgehead atoms. The lowest BCUT2D eigenvalue weighted by Crippen LogP contribution is -2.45.